The SMILES string of the molecule is CCCCCC/C=C\C/C=C\CCCCCCCCCC(=O)OCCCCCCCCCCCC(=O)NC(CO)C(O)/C=C/CCCCCCCCCCCCCCCCCCCCC. The fourth-order valence-electron chi connectivity index (χ4n) is 8.72. The second-order valence-electron chi connectivity index (χ2n) is 19.6. The Morgan fingerprint density at radius 2 is 0.769 bits per heavy atom. The molecule has 382 valence electrons. The number of nitrogens with one attached hydrogen (secondary N) is 1. The van der Waals surface area contributed by atoms with Crippen LogP contribution in [0.1, 0.15) is 303 Å². The molecule has 6 nitrogen and oxygen atoms in total. The van der Waals surface area contributed by atoms with Crippen molar-refractivity contribution in [3.8, 4) is 0 Å². The number of aliphatic hydroxyl groups excluding tert-OH is 2. The maximum Gasteiger partial charge on any atom is 0.305 e. The fraction of sp³-hybridized carbons (Fsp3) is 0.864. The summed E-state index contributed by atoms with van der Waals surface area (Å²) in [4.78, 5) is 24.6. The first-order valence-electron chi connectivity index (χ1n) is 28.8. The van der Waals surface area contributed by atoms with Gasteiger partial charge in [0.15, 0.2) is 0 Å². The van der Waals surface area contributed by atoms with Gasteiger partial charge in [-0.25, -0.2) is 0 Å². The van der Waals surface area contributed by atoms with Gasteiger partial charge < -0.3 is 20.3 Å². The van der Waals surface area contributed by atoms with Crippen LogP contribution in [-0.4, -0.2) is 47.4 Å². The monoisotopic (exact) mass is 914 g/mol. The fourth-order valence-corrected chi connectivity index (χ4v) is 8.72. The normalized spacial score (nSPS) is 12.9. The van der Waals surface area contributed by atoms with Gasteiger partial charge in [0.2, 0.25) is 5.91 Å². The van der Waals surface area contributed by atoms with Crippen molar-refractivity contribution in [2.45, 2.75) is 315 Å². The van der Waals surface area contributed by atoms with E-state index in [-0.39, 0.29) is 18.5 Å². The quantitative estimate of drug-likeness (QED) is 0.0321. The molecule has 0 aromatic rings. The standard InChI is InChI=1S/C59H111NO5/c1-3-5-7-9-11-13-15-17-19-21-23-24-25-26-28-30-32-35-39-43-47-51-57(62)56(55-61)60-58(63)52-48-44-40-36-34-38-42-46-50-54-65-59(64)53-49-45-41-37-33-31-29-27-22-20-18-16-14-12-10-8-6-4-2/h14,16,20,22,47,51,56-57,61-62H,3-13,15,17-19,21,23-46,48-50,52-55H2,1-2H3,(H,60,63)/b16-14-,22-20-,51-47+. The highest BCUT2D eigenvalue weighted by atomic mass is 16.5. The van der Waals surface area contributed by atoms with E-state index in [1.165, 1.54) is 212 Å². The molecule has 0 aromatic carbocycles. The van der Waals surface area contributed by atoms with Gasteiger partial charge in [0, 0.05) is 12.8 Å². The molecule has 0 aliphatic heterocycles. The highest BCUT2D eigenvalue weighted by Gasteiger charge is 2.18. The molecule has 1 amide bonds. The highest BCUT2D eigenvalue weighted by Crippen LogP contribution is 2.16. The van der Waals surface area contributed by atoms with Gasteiger partial charge >= 0.3 is 5.97 Å². The van der Waals surface area contributed by atoms with Crippen LogP contribution >= 0.6 is 0 Å². The van der Waals surface area contributed by atoms with E-state index in [4.69, 9.17) is 4.74 Å². The maximum atomic E-state index is 12.5. The number of aliphatic hydroxyl groups is 2. The van der Waals surface area contributed by atoms with E-state index >= 15 is 0 Å². The predicted octanol–water partition coefficient (Wildman–Crippen LogP) is 17.6. The van der Waals surface area contributed by atoms with E-state index in [1.54, 1.807) is 6.08 Å². The van der Waals surface area contributed by atoms with E-state index in [9.17, 15) is 19.8 Å². The molecular formula is C59H111NO5. The Balaban J connectivity index is 3.52. The van der Waals surface area contributed by atoms with Crippen molar-refractivity contribution in [2.24, 2.45) is 0 Å². The first kappa shape index (κ1) is 63.1. The number of hydrogen-bond acceptors (Lipinski definition) is 5. The third-order valence-electron chi connectivity index (χ3n) is 13.2. The Morgan fingerprint density at radius 3 is 1.18 bits per heavy atom. The Labute approximate surface area is 404 Å². The van der Waals surface area contributed by atoms with Crippen LogP contribution < -0.4 is 5.32 Å². The van der Waals surface area contributed by atoms with Gasteiger partial charge in [0.25, 0.3) is 0 Å². The zero-order valence-electron chi connectivity index (χ0n) is 43.5. The second kappa shape index (κ2) is 54.7. The van der Waals surface area contributed by atoms with E-state index in [1.807, 2.05) is 6.08 Å². The minimum absolute atomic E-state index is 0.0342. The lowest BCUT2D eigenvalue weighted by Crippen LogP contribution is -2.45. The number of amides is 1. The lowest BCUT2D eigenvalue weighted by molar-refractivity contribution is -0.143. The summed E-state index contributed by atoms with van der Waals surface area (Å²) in [6, 6.07) is -0.650. The number of ether oxygens (including phenoxy) is 1. The van der Waals surface area contributed by atoms with E-state index in [0.29, 0.717) is 19.4 Å². The summed E-state index contributed by atoms with van der Waals surface area (Å²) in [5.74, 6) is -0.129. The van der Waals surface area contributed by atoms with Crippen molar-refractivity contribution in [1.29, 1.82) is 0 Å². The molecule has 0 bridgehead atoms. The second-order valence-corrected chi connectivity index (χ2v) is 19.6. The molecule has 0 aliphatic rings. The molecule has 0 aromatic heterocycles. The number of hydrogen-bond donors (Lipinski definition) is 3. The van der Waals surface area contributed by atoms with Crippen LogP contribution in [0.3, 0.4) is 0 Å². The third kappa shape index (κ3) is 51.3. The number of allylic oxidation sites excluding steroid dienone is 5. The van der Waals surface area contributed by atoms with Crippen molar-refractivity contribution in [2.75, 3.05) is 13.2 Å². The lowest BCUT2D eigenvalue weighted by Gasteiger charge is -2.20. The molecule has 6 heteroatoms. The van der Waals surface area contributed by atoms with Gasteiger partial charge in [-0.05, 0) is 64.2 Å². The molecule has 0 saturated carbocycles. The summed E-state index contributed by atoms with van der Waals surface area (Å²) in [6.07, 6.45) is 67.3. The van der Waals surface area contributed by atoms with Crippen LogP contribution in [0.5, 0.6) is 0 Å². The molecular weight excluding hydrogens is 803 g/mol. The first-order chi connectivity index (χ1) is 32.0. The summed E-state index contributed by atoms with van der Waals surface area (Å²) in [5.41, 5.74) is 0. The van der Waals surface area contributed by atoms with Gasteiger partial charge in [0.05, 0.1) is 25.4 Å². The molecule has 0 saturated heterocycles. The Hall–Kier alpha value is -1.92. The van der Waals surface area contributed by atoms with Crippen molar-refractivity contribution in [3.63, 3.8) is 0 Å². The van der Waals surface area contributed by atoms with Gasteiger partial charge in [0.1, 0.15) is 0 Å². The molecule has 0 rings (SSSR count). The Bertz CT molecular complexity index is 1060. The topological polar surface area (TPSA) is 95.9 Å². The minimum Gasteiger partial charge on any atom is -0.466 e. The molecule has 65 heavy (non-hydrogen) atoms. The molecule has 2 unspecified atom stereocenters. The molecule has 2 atom stereocenters. The first-order valence-corrected chi connectivity index (χ1v) is 28.8. The van der Waals surface area contributed by atoms with Crippen LogP contribution in [0.2, 0.25) is 0 Å². The largest absolute Gasteiger partial charge is 0.466 e. The van der Waals surface area contributed by atoms with Gasteiger partial charge in [-0.2, -0.15) is 0 Å². The molecule has 0 radical (unpaired) electrons. The molecule has 3 N–H and O–H groups in total. The van der Waals surface area contributed by atoms with Crippen LogP contribution in [-0.2, 0) is 14.3 Å². The van der Waals surface area contributed by atoms with Crippen molar-refractivity contribution < 1.29 is 24.5 Å². The summed E-state index contributed by atoms with van der Waals surface area (Å²) < 4.78 is 5.46. The van der Waals surface area contributed by atoms with Crippen molar-refractivity contribution in [3.05, 3.63) is 36.5 Å². The van der Waals surface area contributed by atoms with Crippen LogP contribution in [0.25, 0.3) is 0 Å². The van der Waals surface area contributed by atoms with E-state index in [2.05, 4.69) is 43.5 Å². The molecule has 0 spiro atoms. The van der Waals surface area contributed by atoms with E-state index < -0.39 is 12.1 Å². The maximum absolute atomic E-state index is 12.5. The molecule has 0 heterocycles. The number of unbranched alkanes of at least 4 members (excludes halogenated alkanes) is 38. The average molecular weight is 915 g/mol. The number of carbonyl (C=O) groups excluding carboxylic acids is 2. The van der Waals surface area contributed by atoms with Gasteiger partial charge in [-0.3, -0.25) is 9.59 Å². The van der Waals surface area contributed by atoms with Crippen LogP contribution in [0.15, 0.2) is 36.5 Å². The number of carbonyl (C=O) groups is 2. The minimum atomic E-state index is -0.864. The summed E-state index contributed by atoms with van der Waals surface area (Å²) >= 11 is 0. The predicted molar refractivity (Wildman–Crippen MR) is 283 cm³/mol. The Kier molecular flexibility index (Phi) is 53.1. The average Bonchev–Trinajstić information content (AvgIpc) is 3.31. The smallest absolute Gasteiger partial charge is 0.305 e. The van der Waals surface area contributed by atoms with Crippen LogP contribution in [0.4, 0.5) is 0 Å². The van der Waals surface area contributed by atoms with Crippen LogP contribution in [0, 0.1) is 0 Å². The highest BCUT2D eigenvalue weighted by molar-refractivity contribution is 5.76. The van der Waals surface area contributed by atoms with Gasteiger partial charge in [-0.1, -0.05) is 262 Å². The number of rotatable bonds is 53. The summed E-state index contributed by atoms with van der Waals surface area (Å²) in [5, 5.41) is 23.1. The lowest BCUT2D eigenvalue weighted by atomic mass is 10.0. The van der Waals surface area contributed by atoms with Crippen molar-refractivity contribution in [1.82, 2.24) is 5.32 Å². The van der Waals surface area contributed by atoms with Crippen molar-refractivity contribution >= 4 is 11.9 Å². The van der Waals surface area contributed by atoms with E-state index in [0.717, 1.165) is 64.2 Å². The molecule has 0 fully saturated rings. The zero-order chi connectivity index (χ0) is 47.2. The molecule has 0 aliphatic carbocycles. The Morgan fingerprint density at radius 1 is 0.431 bits per heavy atom. The third-order valence-corrected chi connectivity index (χ3v) is 13.2. The number of esters is 1. The summed E-state index contributed by atoms with van der Waals surface area (Å²) in [7, 11) is 0. The zero-order valence-corrected chi connectivity index (χ0v) is 43.5. The summed E-state index contributed by atoms with van der Waals surface area (Å²) in [6.45, 7) is 4.83. The van der Waals surface area contributed by atoms with Gasteiger partial charge in [-0.15, -0.1) is 0 Å².